The molecule has 0 spiro atoms. The van der Waals surface area contributed by atoms with Gasteiger partial charge in [0.1, 0.15) is 5.88 Å². The first-order valence-electron chi connectivity index (χ1n) is 9.85. The van der Waals surface area contributed by atoms with Gasteiger partial charge in [0.05, 0.1) is 11.2 Å². The van der Waals surface area contributed by atoms with Crippen molar-refractivity contribution >= 4 is 36.0 Å². The Morgan fingerprint density at radius 2 is 1.89 bits per heavy atom. The summed E-state index contributed by atoms with van der Waals surface area (Å²) >= 11 is 5.70. The van der Waals surface area contributed by atoms with Crippen LogP contribution in [-0.2, 0) is 14.1 Å². The third-order valence-electron chi connectivity index (χ3n) is 6.04. The van der Waals surface area contributed by atoms with Gasteiger partial charge in [-0.15, -0.1) is 11.6 Å². The number of nitrogens with zero attached hydrogens (tertiary/aromatic N) is 4. The van der Waals surface area contributed by atoms with Crippen LogP contribution in [0.2, 0.25) is 0 Å². The Labute approximate surface area is 172 Å². The number of rotatable bonds is 5. The van der Waals surface area contributed by atoms with E-state index in [2.05, 4.69) is 9.97 Å². The Hall–Kier alpha value is -1.38. The molecule has 0 saturated carbocycles. The lowest BCUT2D eigenvalue weighted by Gasteiger charge is -2.34. The zero-order valence-electron chi connectivity index (χ0n) is 17.4. The average Bonchev–Trinajstić information content (AvgIpc) is 2.88. The maximum Gasteiger partial charge on any atom is 0.498 e. The van der Waals surface area contributed by atoms with E-state index in [0.717, 1.165) is 37.9 Å². The largest absolute Gasteiger partial charge is 0.498 e. The van der Waals surface area contributed by atoms with Crippen molar-refractivity contribution in [2.45, 2.75) is 51.7 Å². The van der Waals surface area contributed by atoms with Gasteiger partial charge in [0.2, 0.25) is 11.9 Å². The van der Waals surface area contributed by atoms with Crippen LogP contribution in [0.1, 0.15) is 40.5 Å². The molecule has 3 rings (SSSR count). The van der Waals surface area contributed by atoms with Crippen LogP contribution < -0.4 is 10.4 Å². The summed E-state index contributed by atoms with van der Waals surface area (Å²) in [5, 5.41) is 0. The van der Waals surface area contributed by atoms with E-state index in [0.29, 0.717) is 11.9 Å². The molecule has 9 heteroatoms. The summed E-state index contributed by atoms with van der Waals surface area (Å²) in [5.74, 6) is 1.10. The third kappa shape index (κ3) is 4.44. The maximum atomic E-state index is 11.9. The first-order valence-corrected chi connectivity index (χ1v) is 10.4. The summed E-state index contributed by atoms with van der Waals surface area (Å²) in [6.45, 7) is 10.4. The van der Waals surface area contributed by atoms with Gasteiger partial charge >= 0.3 is 7.12 Å². The predicted molar refractivity (Wildman–Crippen MR) is 111 cm³/mol. The van der Waals surface area contributed by atoms with E-state index >= 15 is 0 Å². The molecule has 7 nitrogen and oxygen atoms in total. The molecular formula is C19H30BClN4O3. The first kappa shape index (κ1) is 21.3. The fourth-order valence-electron chi connectivity index (χ4n) is 3.62. The Kier molecular flexibility index (Phi) is 6.22. The molecule has 3 heterocycles. The molecule has 1 aromatic rings. The van der Waals surface area contributed by atoms with Crippen LogP contribution in [0, 0.1) is 5.92 Å². The van der Waals surface area contributed by atoms with Crippen molar-refractivity contribution in [1.82, 2.24) is 14.9 Å². The predicted octanol–water partition coefficient (Wildman–Crippen LogP) is 1.69. The van der Waals surface area contributed by atoms with Crippen LogP contribution in [0.5, 0.6) is 0 Å². The number of hydrogen-bond donors (Lipinski definition) is 0. The highest BCUT2D eigenvalue weighted by atomic mass is 35.5. The SMILES string of the molecule is CN(C[C@@H]1CCCN(C(=O)CCl)C1)c1ncc(B2OC(C)(C)C(C)(C)O2)cn1. The van der Waals surface area contributed by atoms with Gasteiger partial charge in [0, 0.05) is 44.5 Å². The molecular weight excluding hydrogens is 378 g/mol. The molecule has 0 unspecified atom stereocenters. The Morgan fingerprint density at radius 3 is 2.46 bits per heavy atom. The second kappa shape index (κ2) is 8.16. The Morgan fingerprint density at radius 1 is 1.29 bits per heavy atom. The van der Waals surface area contributed by atoms with Gasteiger partial charge in [-0.05, 0) is 46.5 Å². The lowest BCUT2D eigenvalue weighted by atomic mass is 9.81. The van der Waals surface area contributed by atoms with Crippen LogP contribution in [0.25, 0.3) is 0 Å². The molecule has 0 aromatic carbocycles. The van der Waals surface area contributed by atoms with Gasteiger partial charge in [-0.2, -0.15) is 0 Å². The van der Waals surface area contributed by atoms with Crippen molar-refractivity contribution in [3.63, 3.8) is 0 Å². The van der Waals surface area contributed by atoms with Crippen molar-refractivity contribution < 1.29 is 14.1 Å². The highest BCUT2D eigenvalue weighted by Crippen LogP contribution is 2.36. The molecule has 2 aliphatic heterocycles. The van der Waals surface area contributed by atoms with Gasteiger partial charge in [-0.3, -0.25) is 4.79 Å². The fourth-order valence-corrected chi connectivity index (χ4v) is 3.79. The normalized spacial score (nSPS) is 23.7. The molecule has 0 aliphatic carbocycles. The number of carbonyl (C=O) groups excluding carboxylic acids is 1. The number of anilines is 1. The molecule has 154 valence electrons. The zero-order valence-corrected chi connectivity index (χ0v) is 18.2. The maximum absolute atomic E-state index is 11.9. The number of halogens is 1. The van der Waals surface area contributed by atoms with E-state index < -0.39 is 7.12 Å². The minimum Gasteiger partial charge on any atom is -0.399 e. The number of likely N-dealkylation sites (tertiary alicyclic amines) is 1. The van der Waals surface area contributed by atoms with E-state index in [1.165, 1.54) is 0 Å². The van der Waals surface area contributed by atoms with E-state index in [-0.39, 0.29) is 23.0 Å². The lowest BCUT2D eigenvalue weighted by molar-refractivity contribution is -0.130. The quantitative estimate of drug-likeness (QED) is 0.545. The van der Waals surface area contributed by atoms with E-state index in [4.69, 9.17) is 20.9 Å². The van der Waals surface area contributed by atoms with Gasteiger partial charge in [-0.1, -0.05) is 0 Å². The summed E-state index contributed by atoms with van der Waals surface area (Å²) in [7, 11) is 1.52. The monoisotopic (exact) mass is 408 g/mol. The smallest absolute Gasteiger partial charge is 0.399 e. The average molecular weight is 409 g/mol. The summed E-state index contributed by atoms with van der Waals surface area (Å²) in [5.41, 5.74) is 0.0355. The third-order valence-corrected chi connectivity index (χ3v) is 6.27. The molecule has 0 radical (unpaired) electrons. The van der Waals surface area contributed by atoms with Gasteiger partial charge < -0.3 is 19.1 Å². The molecule has 28 heavy (non-hydrogen) atoms. The standard InChI is InChI=1S/C19H30BClN4O3/c1-18(2)19(3,4)28-20(27-18)15-10-22-17(23-11-15)24(5)12-14-7-6-8-25(13-14)16(26)9-21/h10-11,14H,6-9,12-13H2,1-5H3/t14-/m0/s1. The molecule has 0 bridgehead atoms. The number of amides is 1. The van der Waals surface area contributed by atoms with Crippen LogP contribution in [0.3, 0.4) is 0 Å². The molecule has 0 N–H and O–H groups in total. The van der Waals surface area contributed by atoms with Crippen LogP contribution in [-0.4, -0.2) is 71.7 Å². The van der Waals surface area contributed by atoms with Crippen LogP contribution >= 0.6 is 11.6 Å². The van der Waals surface area contributed by atoms with Crippen molar-refractivity contribution in [1.29, 1.82) is 0 Å². The minimum absolute atomic E-state index is 0.0111. The second-order valence-corrected chi connectivity index (χ2v) is 9.03. The number of aromatic nitrogens is 2. The Bertz CT molecular complexity index is 685. The molecule has 2 saturated heterocycles. The molecule has 2 aliphatic rings. The first-order chi connectivity index (χ1) is 13.1. The van der Waals surface area contributed by atoms with Gasteiger partial charge in [0.25, 0.3) is 0 Å². The number of alkyl halides is 1. The second-order valence-electron chi connectivity index (χ2n) is 8.77. The molecule has 1 atom stereocenters. The highest BCUT2D eigenvalue weighted by molar-refractivity contribution is 6.61. The lowest BCUT2D eigenvalue weighted by Crippen LogP contribution is -2.44. The Balaban J connectivity index is 1.60. The fraction of sp³-hybridized carbons (Fsp3) is 0.737. The van der Waals surface area contributed by atoms with Crippen molar-refractivity contribution in [3.05, 3.63) is 12.4 Å². The van der Waals surface area contributed by atoms with Crippen molar-refractivity contribution in [2.75, 3.05) is 37.5 Å². The van der Waals surface area contributed by atoms with E-state index in [1.54, 1.807) is 12.4 Å². The summed E-state index contributed by atoms with van der Waals surface area (Å²) < 4.78 is 12.1. The zero-order chi connectivity index (χ0) is 20.5. The van der Waals surface area contributed by atoms with Gasteiger partial charge in [0.15, 0.2) is 0 Å². The molecule has 1 aromatic heterocycles. The van der Waals surface area contributed by atoms with E-state index in [9.17, 15) is 4.79 Å². The topological polar surface area (TPSA) is 67.8 Å². The number of hydrogen-bond acceptors (Lipinski definition) is 6. The number of carbonyl (C=O) groups is 1. The van der Waals surface area contributed by atoms with Gasteiger partial charge in [-0.25, -0.2) is 9.97 Å². The van der Waals surface area contributed by atoms with E-state index in [1.807, 2.05) is 44.5 Å². The molecule has 1 amide bonds. The van der Waals surface area contributed by atoms with Crippen LogP contribution in [0.4, 0.5) is 5.95 Å². The van der Waals surface area contributed by atoms with Crippen LogP contribution in [0.15, 0.2) is 12.4 Å². The summed E-state index contributed by atoms with van der Waals surface area (Å²) in [4.78, 5) is 24.8. The van der Waals surface area contributed by atoms with Crippen molar-refractivity contribution in [2.24, 2.45) is 5.92 Å². The van der Waals surface area contributed by atoms with Crippen molar-refractivity contribution in [3.8, 4) is 0 Å². The summed E-state index contributed by atoms with van der Waals surface area (Å²) in [6, 6.07) is 0. The molecule has 2 fully saturated rings. The summed E-state index contributed by atoms with van der Waals surface area (Å²) in [6.07, 6.45) is 5.63. The minimum atomic E-state index is -0.460. The highest BCUT2D eigenvalue weighted by Gasteiger charge is 2.52. The number of piperidine rings is 1.